The van der Waals surface area contributed by atoms with Gasteiger partial charge >= 0.3 is 0 Å². The largest absolute Gasteiger partial charge is 0.393 e. The first-order chi connectivity index (χ1) is 12.3. The molecule has 0 heterocycles. The monoisotopic (exact) mass is 357 g/mol. The summed E-state index contributed by atoms with van der Waals surface area (Å²) < 4.78 is 0. The van der Waals surface area contributed by atoms with Crippen molar-refractivity contribution in [3.05, 3.63) is 22.8 Å². The van der Waals surface area contributed by atoms with Gasteiger partial charge in [-0.25, -0.2) is 0 Å². The highest BCUT2D eigenvalue weighted by Gasteiger charge is 2.54. The molecule has 4 aliphatic rings. The maximum Gasteiger partial charge on any atom is 0.155 e. The van der Waals surface area contributed by atoms with Crippen molar-refractivity contribution < 1.29 is 9.90 Å². The van der Waals surface area contributed by atoms with Gasteiger partial charge in [0.1, 0.15) is 0 Å². The van der Waals surface area contributed by atoms with Crippen LogP contribution >= 0.6 is 0 Å². The first kappa shape index (κ1) is 18.4. The molecule has 2 saturated carbocycles. The van der Waals surface area contributed by atoms with Crippen LogP contribution in [0.4, 0.5) is 0 Å². The zero-order valence-electron chi connectivity index (χ0n) is 16.5. The molecule has 0 bridgehead atoms. The van der Waals surface area contributed by atoms with Crippen molar-refractivity contribution in [2.45, 2.75) is 96.1 Å². The number of carbonyl (C=O) groups excluding carboxylic acids is 1. The van der Waals surface area contributed by atoms with Gasteiger partial charge in [-0.05, 0) is 74.3 Å². The quantitative estimate of drug-likeness (QED) is 0.731. The highest BCUT2D eigenvalue weighted by atomic mass is 16.3. The molecule has 0 saturated heterocycles. The van der Waals surface area contributed by atoms with E-state index in [-0.39, 0.29) is 22.8 Å². The second-order valence-electron chi connectivity index (χ2n) is 9.90. The van der Waals surface area contributed by atoms with Crippen LogP contribution in [0.5, 0.6) is 0 Å². The Balaban J connectivity index is 1.68. The average Bonchev–Trinajstić information content (AvgIpc) is 2.90. The highest BCUT2D eigenvalue weighted by Crippen LogP contribution is 2.61. The lowest BCUT2D eigenvalue weighted by Crippen LogP contribution is -2.56. The molecule has 4 atom stereocenters. The van der Waals surface area contributed by atoms with Gasteiger partial charge in [0.25, 0.3) is 0 Å². The summed E-state index contributed by atoms with van der Waals surface area (Å²) in [6, 6.07) is 0. The van der Waals surface area contributed by atoms with Crippen molar-refractivity contribution in [2.24, 2.45) is 23.0 Å². The lowest BCUT2D eigenvalue weighted by atomic mass is 9.54. The molecule has 4 rings (SSSR count). The summed E-state index contributed by atoms with van der Waals surface area (Å²) >= 11 is 0. The molecular formula is C23H35NO2. The van der Waals surface area contributed by atoms with E-state index in [2.05, 4.69) is 13.8 Å². The fourth-order valence-electron chi connectivity index (χ4n) is 6.62. The van der Waals surface area contributed by atoms with Gasteiger partial charge < -0.3 is 10.8 Å². The molecule has 4 aliphatic carbocycles. The highest BCUT2D eigenvalue weighted by molar-refractivity contribution is 5.91. The van der Waals surface area contributed by atoms with Gasteiger partial charge in [-0.3, -0.25) is 4.79 Å². The zero-order chi connectivity index (χ0) is 18.5. The Kier molecular flexibility index (Phi) is 4.68. The SMILES string of the molecule is CC(C)CCCC12CC[C@@]3(N)C(=C1C[C@@H](O)C2)CCC1=CC(=O)CCC13. The fraction of sp³-hybridized carbons (Fsp3) is 0.783. The van der Waals surface area contributed by atoms with Crippen molar-refractivity contribution >= 4 is 5.78 Å². The molecule has 0 aliphatic heterocycles. The molecule has 0 aromatic carbocycles. The minimum atomic E-state index is -0.258. The molecule has 3 N–H and O–H groups in total. The summed E-state index contributed by atoms with van der Waals surface area (Å²) in [6.07, 6.45) is 12.9. The molecule has 2 fully saturated rings. The topological polar surface area (TPSA) is 63.3 Å². The molecule has 0 aromatic rings. The van der Waals surface area contributed by atoms with Crippen molar-refractivity contribution in [1.29, 1.82) is 0 Å². The van der Waals surface area contributed by atoms with Gasteiger partial charge in [0.2, 0.25) is 0 Å². The zero-order valence-corrected chi connectivity index (χ0v) is 16.5. The number of aliphatic hydroxyl groups is 1. The van der Waals surface area contributed by atoms with E-state index in [4.69, 9.17) is 5.73 Å². The number of nitrogens with two attached hydrogens (primary N) is 1. The molecule has 3 heteroatoms. The second-order valence-corrected chi connectivity index (χ2v) is 9.90. The van der Waals surface area contributed by atoms with Crippen LogP contribution in [0.25, 0.3) is 0 Å². The Bertz CT molecular complexity index is 661. The number of rotatable bonds is 4. The van der Waals surface area contributed by atoms with E-state index in [0.717, 1.165) is 50.9 Å². The molecule has 144 valence electrons. The summed E-state index contributed by atoms with van der Waals surface area (Å²) in [5, 5.41) is 10.5. The van der Waals surface area contributed by atoms with Crippen LogP contribution in [0.2, 0.25) is 0 Å². The van der Waals surface area contributed by atoms with Crippen molar-refractivity contribution in [2.75, 3.05) is 0 Å². The molecule has 0 spiro atoms. The van der Waals surface area contributed by atoms with Crippen LogP contribution in [0.1, 0.15) is 84.5 Å². The van der Waals surface area contributed by atoms with E-state index < -0.39 is 0 Å². The smallest absolute Gasteiger partial charge is 0.155 e. The van der Waals surface area contributed by atoms with Gasteiger partial charge in [0, 0.05) is 17.9 Å². The summed E-state index contributed by atoms with van der Waals surface area (Å²) in [5.74, 6) is 1.38. The minimum Gasteiger partial charge on any atom is -0.393 e. The normalized spacial score (nSPS) is 39.6. The van der Waals surface area contributed by atoms with Crippen LogP contribution in [0, 0.1) is 17.3 Å². The molecule has 0 aromatic heterocycles. The standard InChI is InChI=1S/C23H35NO2/c1-15(2)4-3-9-22-10-11-23(24)19-8-6-17(25)12-16(19)5-7-20(23)21(22)13-18(26)14-22/h12,15,18-19,26H,3-11,13-14,24H2,1-2H3/t18-,19?,22?,23+/m1/s1. The Morgan fingerprint density at radius 2 is 2.04 bits per heavy atom. The van der Waals surface area contributed by atoms with E-state index >= 15 is 0 Å². The van der Waals surface area contributed by atoms with E-state index in [9.17, 15) is 9.90 Å². The number of aliphatic hydroxyl groups excluding tert-OH is 1. The summed E-state index contributed by atoms with van der Waals surface area (Å²) in [5.41, 5.74) is 11.4. The van der Waals surface area contributed by atoms with E-state index in [1.54, 1.807) is 0 Å². The first-order valence-corrected chi connectivity index (χ1v) is 10.8. The first-order valence-electron chi connectivity index (χ1n) is 10.8. The predicted octanol–water partition coefficient (Wildman–Crippen LogP) is 4.44. The van der Waals surface area contributed by atoms with Crippen molar-refractivity contribution in [3.63, 3.8) is 0 Å². The third kappa shape index (κ3) is 2.92. The molecule has 26 heavy (non-hydrogen) atoms. The molecule has 3 nitrogen and oxygen atoms in total. The minimum absolute atomic E-state index is 0.191. The molecule has 2 unspecified atom stereocenters. The molecule has 0 amide bonds. The Morgan fingerprint density at radius 1 is 1.23 bits per heavy atom. The van der Waals surface area contributed by atoms with Gasteiger partial charge in [0.05, 0.1) is 6.10 Å². The van der Waals surface area contributed by atoms with Crippen LogP contribution in [0.3, 0.4) is 0 Å². The predicted molar refractivity (Wildman–Crippen MR) is 105 cm³/mol. The lowest BCUT2D eigenvalue weighted by Gasteiger charge is -2.53. The molecular weight excluding hydrogens is 322 g/mol. The number of carbonyl (C=O) groups is 1. The lowest BCUT2D eigenvalue weighted by molar-refractivity contribution is -0.115. The Hall–Kier alpha value is -0.930. The Labute approximate surface area is 158 Å². The third-order valence-corrected chi connectivity index (χ3v) is 7.85. The number of hydrogen-bond donors (Lipinski definition) is 2. The second kappa shape index (κ2) is 6.60. The average molecular weight is 358 g/mol. The van der Waals surface area contributed by atoms with Crippen LogP contribution < -0.4 is 5.73 Å². The molecule has 0 radical (unpaired) electrons. The van der Waals surface area contributed by atoms with Gasteiger partial charge in [-0.15, -0.1) is 0 Å². The number of allylic oxidation sites excluding steroid dienone is 1. The summed E-state index contributed by atoms with van der Waals surface area (Å²) in [7, 11) is 0. The van der Waals surface area contributed by atoms with E-state index in [1.807, 2.05) is 6.08 Å². The van der Waals surface area contributed by atoms with Gasteiger partial charge in [0.15, 0.2) is 5.78 Å². The maximum absolute atomic E-state index is 11.9. The van der Waals surface area contributed by atoms with Crippen LogP contribution in [-0.4, -0.2) is 22.5 Å². The van der Waals surface area contributed by atoms with Crippen LogP contribution in [0.15, 0.2) is 22.8 Å². The number of hydrogen-bond acceptors (Lipinski definition) is 3. The third-order valence-electron chi connectivity index (χ3n) is 7.85. The summed E-state index contributed by atoms with van der Waals surface area (Å²) in [4.78, 5) is 11.9. The maximum atomic E-state index is 11.9. The van der Waals surface area contributed by atoms with Crippen molar-refractivity contribution in [3.8, 4) is 0 Å². The van der Waals surface area contributed by atoms with Gasteiger partial charge in [-0.1, -0.05) is 37.8 Å². The number of fused-ring (bicyclic) bond motifs is 4. The fourth-order valence-corrected chi connectivity index (χ4v) is 6.62. The van der Waals surface area contributed by atoms with Crippen LogP contribution in [-0.2, 0) is 4.79 Å². The van der Waals surface area contributed by atoms with E-state index in [0.29, 0.717) is 12.3 Å². The summed E-state index contributed by atoms with van der Waals surface area (Å²) in [6.45, 7) is 4.59. The number of ketones is 1. The van der Waals surface area contributed by atoms with Gasteiger partial charge in [-0.2, -0.15) is 0 Å². The van der Waals surface area contributed by atoms with E-state index in [1.165, 1.54) is 36.0 Å². The van der Waals surface area contributed by atoms with Crippen molar-refractivity contribution in [1.82, 2.24) is 0 Å². The Morgan fingerprint density at radius 3 is 2.81 bits per heavy atom.